The summed E-state index contributed by atoms with van der Waals surface area (Å²) < 4.78 is 65.4. The second-order valence-electron chi connectivity index (χ2n) is 8.41. The van der Waals surface area contributed by atoms with Crippen LogP contribution in [0.4, 0.5) is 0 Å². The second kappa shape index (κ2) is 17.9. The molecule has 0 aliphatic rings. The van der Waals surface area contributed by atoms with E-state index in [9.17, 15) is 30.0 Å². The molecule has 0 saturated carbocycles. The van der Waals surface area contributed by atoms with Crippen LogP contribution < -0.4 is 21.3 Å². The lowest BCUT2D eigenvalue weighted by molar-refractivity contribution is -0.121. The van der Waals surface area contributed by atoms with Crippen molar-refractivity contribution in [2.45, 2.75) is 51.3 Å². The summed E-state index contributed by atoms with van der Waals surface area (Å²) in [6.45, 7) is -6.09. The summed E-state index contributed by atoms with van der Waals surface area (Å²) in [4.78, 5) is 24.2. The number of amides is 2. The van der Waals surface area contributed by atoms with Gasteiger partial charge in [-0.25, -0.2) is 0 Å². The molecule has 0 bridgehead atoms. The molecule has 2 amide bonds. The van der Waals surface area contributed by atoms with Gasteiger partial charge in [0.2, 0.25) is 11.8 Å². The Bertz CT molecular complexity index is 1230. The Labute approximate surface area is 235 Å². The Balaban J connectivity index is 1.73. The molecule has 10 nitrogen and oxygen atoms in total. The minimum absolute atomic E-state index is 0.0861. The molecule has 0 aromatic heterocycles. The van der Waals surface area contributed by atoms with E-state index in [1.54, 1.807) is 12.1 Å². The van der Waals surface area contributed by atoms with E-state index < -0.39 is 25.7 Å². The number of nitrogens with one attached hydrogen (secondary N) is 4. The number of rotatable bonds is 19. The largest absolute Gasteiger partial charge is 0.504 e. The highest BCUT2D eigenvalue weighted by molar-refractivity contribution is 5.76. The van der Waals surface area contributed by atoms with Gasteiger partial charge < -0.3 is 41.7 Å². The van der Waals surface area contributed by atoms with Crippen molar-refractivity contribution in [1.29, 1.82) is 0 Å². The van der Waals surface area contributed by atoms with Gasteiger partial charge in [0.1, 0.15) is 0 Å². The van der Waals surface area contributed by atoms with Gasteiger partial charge in [0, 0.05) is 36.9 Å². The van der Waals surface area contributed by atoms with Crippen molar-refractivity contribution in [3.8, 4) is 23.0 Å². The molecular weight excluding hydrogens is 488 g/mol. The van der Waals surface area contributed by atoms with Crippen LogP contribution in [0.1, 0.15) is 60.5 Å². The molecule has 10 heteroatoms. The zero-order valence-electron chi connectivity index (χ0n) is 29.1. The first-order valence-electron chi connectivity index (χ1n) is 16.4. The molecule has 0 unspecified atom stereocenters. The van der Waals surface area contributed by atoms with Crippen LogP contribution in [0.25, 0.3) is 0 Å². The maximum Gasteiger partial charge on any atom is 0.220 e. The minimum atomic E-state index is -3.35. The normalized spacial score (nSPS) is 15.5. The quantitative estimate of drug-likeness (QED) is 0.0995. The molecule has 0 saturated heterocycles. The molecule has 0 radical (unpaired) electrons. The number of phenols is 4. The van der Waals surface area contributed by atoms with E-state index in [1.807, 2.05) is 0 Å². The smallest absolute Gasteiger partial charge is 0.220 e. The molecule has 0 atom stereocenters. The Morgan fingerprint density at radius 2 is 1.05 bits per heavy atom. The fourth-order valence-electron chi connectivity index (χ4n) is 3.23. The van der Waals surface area contributed by atoms with Crippen LogP contribution >= 0.6 is 0 Å². The summed E-state index contributed by atoms with van der Waals surface area (Å²) in [5, 5.41) is 47.6. The lowest BCUT2D eigenvalue weighted by atomic mass is 10.1. The van der Waals surface area contributed by atoms with E-state index in [4.69, 9.17) is 11.0 Å². The van der Waals surface area contributed by atoms with Gasteiger partial charge in [-0.1, -0.05) is 12.1 Å². The SMILES string of the molecule is [2H]C([2H])(NCCCNC(=O)CCc1ccc(O)c(O)c1)C([2H])([2H])C([2H])([2H])C([2H])([2H])NCCCNC(=O)CCc1ccc(O)c(O)c1. The van der Waals surface area contributed by atoms with Crippen LogP contribution in [0.2, 0.25) is 0 Å². The number of carbonyl (C=O) groups is 2. The number of carbonyl (C=O) groups excluding carboxylic acids is 2. The highest BCUT2D eigenvalue weighted by atomic mass is 16.3. The third-order valence-electron chi connectivity index (χ3n) is 5.33. The van der Waals surface area contributed by atoms with Crippen molar-refractivity contribution in [1.82, 2.24) is 21.3 Å². The van der Waals surface area contributed by atoms with Crippen molar-refractivity contribution in [2.75, 3.05) is 39.2 Å². The van der Waals surface area contributed by atoms with E-state index in [0.29, 0.717) is 24.0 Å². The Hall–Kier alpha value is -3.50. The van der Waals surface area contributed by atoms with Gasteiger partial charge in [0.05, 0.1) is 0 Å². The lowest BCUT2D eigenvalue weighted by Crippen LogP contribution is -2.28. The molecule has 0 spiro atoms. The summed E-state index contributed by atoms with van der Waals surface area (Å²) in [5.74, 6) is -1.78. The molecule has 210 valence electrons. The summed E-state index contributed by atoms with van der Waals surface area (Å²) in [7, 11) is 0. The first kappa shape index (κ1) is 20.5. The number of hydrogen-bond donors (Lipinski definition) is 8. The third kappa shape index (κ3) is 13.2. The predicted molar refractivity (Wildman–Crippen MR) is 146 cm³/mol. The molecule has 2 aromatic rings. The van der Waals surface area contributed by atoms with Crippen LogP contribution in [-0.2, 0) is 22.4 Å². The third-order valence-corrected chi connectivity index (χ3v) is 5.33. The fourth-order valence-corrected chi connectivity index (χ4v) is 3.23. The Kier molecular flexibility index (Phi) is 9.62. The summed E-state index contributed by atoms with van der Waals surface area (Å²) in [6, 6.07) is 8.45. The average molecular weight is 539 g/mol. The van der Waals surface area contributed by atoms with E-state index in [-0.39, 0.29) is 86.7 Å². The maximum absolute atomic E-state index is 12.1. The summed E-state index contributed by atoms with van der Waals surface area (Å²) in [6.07, 6.45) is -5.61. The monoisotopic (exact) mass is 538 g/mol. The van der Waals surface area contributed by atoms with E-state index >= 15 is 0 Å². The van der Waals surface area contributed by atoms with Crippen LogP contribution in [-0.4, -0.2) is 71.4 Å². The summed E-state index contributed by atoms with van der Waals surface area (Å²) in [5.41, 5.74) is 1.28. The van der Waals surface area contributed by atoms with Gasteiger partial charge in [0.15, 0.2) is 23.0 Å². The molecule has 0 heterocycles. The van der Waals surface area contributed by atoms with Crippen molar-refractivity contribution in [3.05, 3.63) is 47.5 Å². The first-order valence-corrected chi connectivity index (χ1v) is 12.4. The Morgan fingerprint density at radius 3 is 1.45 bits per heavy atom. The van der Waals surface area contributed by atoms with Crippen LogP contribution in [0.3, 0.4) is 0 Å². The highest BCUT2D eigenvalue weighted by Gasteiger charge is 2.06. The van der Waals surface area contributed by atoms with Crippen LogP contribution in [0, 0.1) is 0 Å². The number of phenolic OH excluding ortho intramolecular Hbond substituents is 4. The zero-order chi connectivity index (χ0) is 34.8. The average Bonchev–Trinajstić information content (AvgIpc) is 2.97. The lowest BCUT2D eigenvalue weighted by Gasteiger charge is -2.08. The van der Waals surface area contributed by atoms with Crippen LogP contribution in [0.5, 0.6) is 23.0 Å². The standard InChI is InChI=1S/C28H42N4O6/c33-23-9-5-21(19-25(23)35)7-11-27(37)31-17-3-15-29-13-1-2-14-30-16-4-18-32-28(38)12-8-22-6-10-24(34)26(36)20-22/h5-6,9-10,19-20,29-30,33-36H,1-4,7-8,11-18H2,(H,31,37)(H,32,38)/i1D2,2D2,13D2,14D2. The minimum Gasteiger partial charge on any atom is -0.504 e. The van der Waals surface area contributed by atoms with Crippen LogP contribution in [0.15, 0.2) is 36.4 Å². The first-order chi connectivity index (χ1) is 21.3. The summed E-state index contributed by atoms with van der Waals surface area (Å²) >= 11 is 0. The van der Waals surface area contributed by atoms with Gasteiger partial charge in [0.25, 0.3) is 0 Å². The second-order valence-corrected chi connectivity index (χ2v) is 8.41. The van der Waals surface area contributed by atoms with Crippen molar-refractivity contribution in [2.24, 2.45) is 0 Å². The van der Waals surface area contributed by atoms with Gasteiger partial charge in [-0.15, -0.1) is 0 Å². The molecule has 0 fully saturated rings. The van der Waals surface area contributed by atoms with E-state index in [0.717, 1.165) is 0 Å². The molecule has 0 aliphatic carbocycles. The van der Waals surface area contributed by atoms with Gasteiger partial charge >= 0.3 is 0 Å². The topological polar surface area (TPSA) is 163 Å². The van der Waals surface area contributed by atoms with Gasteiger partial charge in [-0.3, -0.25) is 9.59 Å². The molecule has 2 rings (SSSR count). The molecule has 8 N–H and O–H groups in total. The number of aryl methyl sites for hydroxylation is 2. The molecule has 2 aromatic carbocycles. The van der Waals surface area contributed by atoms with Gasteiger partial charge in [-0.05, 0) is 99.9 Å². The van der Waals surface area contributed by atoms with Gasteiger partial charge in [-0.2, -0.15) is 0 Å². The van der Waals surface area contributed by atoms with Crippen molar-refractivity contribution < 1.29 is 41.0 Å². The zero-order valence-corrected chi connectivity index (χ0v) is 21.1. The van der Waals surface area contributed by atoms with Crippen molar-refractivity contribution in [3.63, 3.8) is 0 Å². The number of benzene rings is 2. The fraction of sp³-hybridized carbons (Fsp3) is 0.500. The van der Waals surface area contributed by atoms with Crippen molar-refractivity contribution >= 4 is 11.8 Å². The molecular formula is C28H42N4O6. The Morgan fingerprint density at radius 1 is 0.632 bits per heavy atom. The highest BCUT2D eigenvalue weighted by Crippen LogP contribution is 2.26. The van der Waals surface area contributed by atoms with E-state index in [2.05, 4.69) is 21.3 Å². The maximum atomic E-state index is 12.1. The molecule has 38 heavy (non-hydrogen) atoms. The number of hydrogen-bond acceptors (Lipinski definition) is 8. The predicted octanol–water partition coefficient (Wildman–Crippen LogP) is 2.05. The molecule has 0 aliphatic heterocycles. The van der Waals surface area contributed by atoms with E-state index in [1.165, 1.54) is 24.3 Å². The number of aromatic hydroxyl groups is 4.